The van der Waals surface area contributed by atoms with Gasteiger partial charge in [0.2, 0.25) is 27.9 Å². The zero-order valence-corrected chi connectivity index (χ0v) is 20.6. The minimum absolute atomic E-state index is 0.0230. The van der Waals surface area contributed by atoms with E-state index in [1.807, 2.05) is 13.8 Å². The monoisotopic (exact) mass is 517 g/mol. The molecular formula is C23H28FN7O4S. The van der Waals surface area contributed by atoms with Crippen molar-refractivity contribution in [3.63, 3.8) is 0 Å². The van der Waals surface area contributed by atoms with Crippen molar-refractivity contribution in [1.82, 2.24) is 15.0 Å². The Hall–Kier alpha value is -3.84. The van der Waals surface area contributed by atoms with E-state index in [9.17, 15) is 22.7 Å². The van der Waals surface area contributed by atoms with Crippen LogP contribution in [0.25, 0.3) is 0 Å². The van der Waals surface area contributed by atoms with E-state index in [2.05, 4.69) is 30.9 Å². The average molecular weight is 518 g/mol. The van der Waals surface area contributed by atoms with Crippen molar-refractivity contribution < 1.29 is 22.7 Å². The summed E-state index contributed by atoms with van der Waals surface area (Å²) >= 11 is 0. The standard InChI is InChI=1S/C23H28FN7O4S/c1-14(2)12-19(20(32)33)28-23-30-21(29-22(31-23)27-17-5-3-4-16(24)13-17)26-11-10-15-6-8-18(9-7-15)36(25,34)35/h3-9,13-14,19H,10-12H2,1-2H3,(H,32,33)(H2,25,34,35)(H3,26,27,28,29,30,31)/t19-/m0/s1. The van der Waals surface area contributed by atoms with E-state index in [-0.39, 0.29) is 28.7 Å². The third-order valence-electron chi connectivity index (χ3n) is 4.97. The van der Waals surface area contributed by atoms with Crippen LogP contribution in [0.5, 0.6) is 0 Å². The summed E-state index contributed by atoms with van der Waals surface area (Å²) in [6.45, 7) is 4.20. The highest BCUT2D eigenvalue weighted by Gasteiger charge is 2.21. The first-order chi connectivity index (χ1) is 17.0. The molecule has 1 aromatic heterocycles. The van der Waals surface area contributed by atoms with Crippen LogP contribution in [0.1, 0.15) is 25.8 Å². The number of aliphatic carboxylic acids is 1. The maximum atomic E-state index is 13.6. The number of hydrogen-bond acceptors (Lipinski definition) is 9. The molecular weight excluding hydrogens is 489 g/mol. The second-order valence-corrected chi connectivity index (χ2v) is 10.0. The van der Waals surface area contributed by atoms with E-state index >= 15 is 0 Å². The molecule has 6 N–H and O–H groups in total. The van der Waals surface area contributed by atoms with E-state index in [4.69, 9.17) is 5.14 Å². The number of nitrogens with zero attached hydrogens (tertiary/aromatic N) is 3. The lowest BCUT2D eigenvalue weighted by Crippen LogP contribution is -2.31. The van der Waals surface area contributed by atoms with Crippen molar-refractivity contribution in [2.24, 2.45) is 11.1 Å². The maximum Gasteiger partial charge on any atom is 0.326 e. The Morgan fingerprint density at radius 3 is 2.33 bits per heavy atom. The van der Waals surface area contributed by atoms with Gasteiger partial charge in [0.25, 0.3) is 0 Å². The Labute approximate surface area is 208 Å². The Balaban J connectivity index is 1.78. The highest BCUT2D eigenvalue weighted by atomic mass is 32.2. The van der Waals surface area contributed by atoms with Gasteiger partial charge in [0.05, 0.1) is 4.90 Å². The molecule has 0 unspecified atom stereocenters. The molecule has 1 atom stereocenters. The topological polar surface area (TPSA) is 172 Å². The van der Waals surface area contributed by atoms with Gasteiger partial charge >= 0.3 is 5.97 Å². The van der Waals surface area contributed by atoms with Crippen molar-refractivity contribution in [3.05, 3.63) is 59.9 Å². The number of rotatable bonds is 12. The minimum atomic E-state index is -3.77. The third-order valence-corrected chi connectivity index (χ3v) is 5.90. The van der Waals surface area contributed by atoms with Crippen molar-refractivity contribution in [1.29, 1.82) is 0 Å². The van der Waals surface area contributed by atoms with Crippen molar-refractivity contribution >= 4 is 39.5 Å². The van der Waals surface area contributed by atoms with Crippen molar-refractivity contribution in [3.8, 4) is 0 Å². The van der Waals surface area contributed by atoms with Crippen molar-refractivity contribution in [2.45, 2.75) is 37.6 Å². The molecule has 0 fully saturated rings. The fourth-order valence-corrected chi connectivity index (χ4v) is 3.80. The number of carboxylic acids is 1. The zero-order valence-electron chi connectivity index (χ0n) is 19.8. The van der Waals surface area contributed by atoms with Crippen LogP contribution in [0.3, 0.4) is 0 Å². The number of anilines is 4. The van der Waals surface area contributed by atoms with Crippen LogP contribution in [0.15, 0.2) is 53.4 Å². The summed E-state index contributed by atoms with van der Waals surface area (Å²) < 4.78 is 36.4. The van der Waals surface area contributed by atoms with Gasteiger partial charge in [-0.3, -0.25) is 0 Å². The quantitative estimate of drug-likeness (QED) is 0.240. The van der Waals surface area contributed by atoms with Gasteiger partial charge in [-0.05, 0) is 54.7 Å². The summed E-state index contributed by atoms with van der Waals surface area (Å²) in [5.74, 6) is -1.07. The second kappa shape index (κ2) is 11.7. The van der Waals surface area contributed by atoms with Crippen molar-refractivity contribution in [2.75, 3.05) is 22.5 Å². The molecule has 0 saturated heterocycles. The largest absolute Gasteiger partial charge is 0.480 e. The summed E-state index contributed by atoms with van der Waals surface area (Å²) in [6.07, 6.45) is 0.863. The van der Waals surface area contributed by atoms with E-state index in [0.717, 1.165) is 5.56 Å². The Bertz CT molecular complexity index is 1300. The number of carbonyl (C=O) groups is 1. The van der Waals surface area contributed by atoms with E-state index < -0.39 is 27.9 Å². The average Bonchev–Trinajstić information content (AvgIpc) is 2.78. The van der Waals surface area contributed by atoms with Gasteiger partial charge in [-0.2, -0.15) is 15.0 Å². The van der Waals surface area contributed by atoms with Crippen LogP contribution in [0.2, 0.25) is 0 Å². The molecule has 3 aromatic rings. The van der Waals surface area contributed by atoms with Crippen LogP contribution in [0, 0.1) is 11.7 Å². The van der Waals surface area contributed by atoms with Gasteiger partial charge in [-0.25, -0.2) is 22.7 Å². The number of aromatic nitrogens is 3. The van der Waals surface area contributed by atoms with E-state index in [1.54, 1.807) is 18.2 Å². The lowest BCUT2D eigenvalue weighted by molar-refractivity contribution is -0.138. The van der Waals surface area contributed by atoms with Gasteiger partial charge in [0, 0.05) is 12.2 Å². The summed E-state index contributed by atoms with van der Waals surface area (Å²) in [5, 5.41) is 23.5. The molecule has 0 aliphatic heterocycles. The summed E-state index contributed by atoms with van der Waals surface area (Å²) in [5.41, 5.74) is 1.26. The molecule has 2 aromatic carbocycles. The molecule has 1 heterocycles. The van der Waals surface area contributed by atoms with Gasteiger partial charge in [-0.1, -0.05) is 32.0 Å². The third kappa shape index (κ3) is 8.13. The predicted molar refractivity (Wildman–Crippen MR) is 134 cm³/mol. The van der Waals surface area contributed by atoms with Crippen LogP contribution >= 0.6 is 0 Å². The number of primary sulfonamides is 1. The molecule has 0 aliphatic rings. The van der Waals surface area contributed by atoms with E-state index in [1.165, 1.54) is 30.3 Å². The maximum absolute atomic E-state index is 13.6. The number of nitrogens with one attached hydrogen (secondary N) is 3. The first kappa shape index (κ1) is 26.8. The highest BCUT2D eigenvalue weighted by Crippen LogP contribution is 2.18. The molecule has 3 rings (SSSR count). The molecule has 0 radical (unpaired) electrons. The Morgan fingerprint density at radius 1 is 1.06 bits per heavy atom. The first-order valence-electron chi connectivity index (χ1n) is 11.1. The minimum Gasteiger partial charge on any atom is -0.480 e. The molecule has 0 amide bonds. The predicted octanol–water partition coefficient (Wildman–Crippen LogP) is 2.97. The number of sulfonamides is 1. The molecule has 192 valence electrons. The number of halogens is 1. The lowest BCUT2D eigenvalue weighted by Gasteiger charge is -2.17. The van der Waals surface area contributed by atoms with Gasteiger partial charge in [-0.15, -0.1) is 0 Å². The number of carboxylic acid groups (broad SMARTS) is 1. The number of nitrogens with two attached hydrogens (primary N) is 1. The summed E-state index contributed by atoms with van der Waals surface area (Å²) in [6, 6.07) is 11.0. The van der Waals surface area contributed by atoms with Crippen LogP contribution in [-0.2, 0) is 21.2 Å². The summed E-state index contributed by atoms with van der Waals surface area (Å²) in [4.78, 5) is 24.6. The molecule has 36 heavy (non-hydrogen) atoms. The SMILES string of the molecule is CC(C)C[C@H](Nc1nc(NCCc2ccc(S(N)(=O)=O)cc2)nc(Nc2cccc(F)c2)n1)C(=O)O. The fourth-order valence-electron chi connectivity index (χ4n) is 3.28. The van der Waals surface area contributed by atoms with Gasteiger partial charge in [0.1, 0.15) is 11.9 Å². The van der Waals surface area contributed by atoms with Crippen LogP contribution < -0.4 is 21.1 Å². The Morgan fingerprint density at radius 2 is 1.72 bits per heavy atom. The zero-order chi connectivity index (χ0) is 26.3. The lowest BCUT2D eigenvalue weighted by atomic mass is 10.0. The fraction of sp³-hybridized carbons (Fsp3) is 0.304. The molecule has 0 spiro atoms. The normalized spacial score (nSPS) is 12.2. The highest BCUT2D eigenvalue weighted by molar-refractivity contribution is 7.89. The van der Waals surface area contributed by atoms with Gasteiger partial charge in [0.15, 0.2) is 0 Å². The number of hydrogen-bond donors (Lipinski definition) is 5. The smallest absolute Gasteiger partial charge is 0.326 e. The Kier molecular flexibility index (Phi) is 8.72. The van der Waals surface area contributed by atoms with Gasteiger partial charge < -0.3 is 21.1 Å². The van der Waals surface area contributed by atoms with Crippen LogP contribution in [0.4, 0.5) is 27.9 Å². The summed E-state index contributed by atoms with van der Waals surface area (Å²) in [7, 11) is -3.77. The number of benzene rings is 2. The molecule has 0 saturated carbocycles. The van der Waals surface area contributed by atoms with Crippen LogP contribution in [-0.4, -0.2) is 47.0 Å². The first-order valence-corrected chi connectivity index (χ1v) is 12.7. The second-order valence-electron chi connectivity index (χ2n) is 8.47. The molecule has 0 aliphatic carbocycles. The van der Waals surface area contributed by atoms with E-state index in [0.29, 0.717) is 25.1 Å². The molecule has 13 heteroatoms. The molecule has 0 bridgehead atoms. The molecule has 11 nitrogen and oxygen atoms in total.